The van der Waals surface area contributed by atoms with E-state index in [0.717, 1.165) is 73.0 Å². The summed E-state index contributed by atoms with van der Waals surface area (Å²) >= 11 is 0. The van der Waals surface area contributed by atoms with Gasteiger partial charge in [-0.05, 0) is 94.6 Å². The Kier molecular flexibility index (Phi) is 13.8. The van der Waals surface area contributed by atoms with Gasteiger partial charge in [0.15, 0.2) is 0 Å². The van der Waals surface area contributed by atoms with Gasteiger partial charge >= 0.3 is 0 Å². The summed E-state index contributed by atoms with van der Waals surface area (Å²) in [6.07, 6.45) is 11.3. The van der Waals surface area contributed by atoms with E-state index < -0.39 is 0 Å². The van der Waals surface area contributed by atoms with Gasteiger partial charge in [-0.3, -0.25) is 0 Å². The quantitative estimate of drug-likeness (QED) is 0.117. The first-order chi connectivity index (χ1) is 24.9. The third-order valence-corrected chi connectivity index (χ3v) is 9.34. The third kappa shape index (κ3) is 8.96. The van der Waals surface area contributed by atoms with Crippen molar-refractivity contribution in [3.63, 3.8) is 0 Å². The van der Waals surface area contributed by atoms with Crippen LogP contribution in [0.3, 0.4) is 0 Å². The van der Waals surface area contributed by atoms with Crippen LogP contribution in [0.1, 0.15) is 91.6 Å². The smallest absolute Gasteiger partial charge is 0.100 e. The van der Waals surface area contributed by atoms with Gasteiger partial charge in [0.1, 0.15) is 18.2 Å². The second-order valence-corrected chi connectivity index (χ2v) is 12.0. The van der Waals surface area contributed by atoms with Crippen molar-refractivity contribution in [1.82, 2.24) is 0 Å². The Morgan fingerprint density at radius 3 is 0.765 bits per heavy atom. The van der Waals surface area contributed by atoms with Crippen molar-refractivity contribution in [3.8, 4) is 18.2 Å². The van der Waals surface area contributed by atoms with E-state index in [1.54, 1.807) is 0 Å². The van der Waals surface area contributed by atoms with Gasteiger partial charge in [0.2, 0.25) is 0 Å². The first-order valence-electron chi connectivity index (χ1n) is 17.9. The van der Waals surface area contributed by atoms with Gasteiger partial charge in [-0.25, -0.2) is 0 Å². The van der Waals surface area contributed by atoms with Gasteiger partial charge in [-0.1, -0.05) is 72.9 Å². The van der Waals surface area contributed by atoms with Gasteiger partial charge in [0, 0.05) is 73.0 Å². The molecule has 0 unspecified atom stereocenters. The predicted molar refractivity (Wildman–Crippen MR) is 217 cm³/mol. The van der Waals surface area contributed by atoms with Gasteiger partial charge < -0.3 is 14.7 Å². The number of nitriles is 3. The van der Waals surface area contributed by atoms with Crippen molar-refractivity contribution in [2.75, 3.05) is 54.0 Å². The Morgan fingerprint density at radius 1 is 0.373 bits per heavy atom. The van der Waals surface area contributed by atoms with E-state index in [0.29, 0.717) is 16.7 Å². The minimum absolute atomic E-state index is 0.288. The molecule has 0 amide bonds. The molecule has 6 heteroatoms. The van der Waals surface area contributed by atoms with E-state index >= 15 is 0 Å². The van der Waals surface area contributed by atoms with Gasteiger partial charge in [-0.2, -0.15) is 15.8 Å². The Balaban J connectivity index is 1.87. The number of rotatable bonds is 15. The van der Waals surface area contributed by atoms with Crippen LogP contribution in [-0.4, -0.2) is 39.3 Å². The molecule has 6 nitrogen and oxygen atoms in total. The number of nitrogens with zero attached hydrogens (tertiary/aromatic N) is 6. The highest BCUT2D eigenvalue weighted by molar-refractivity contribution is 5.90. The van der Waals surface area contributed by atoms with Crippen LogP contribution in [0.15, 0.2) is 72.8 Å². The molecule has 0 N–H and O–H groups in total. The highest BCUT2D eigenvalue weighted by Gasteiger charge is 2.21. The lowest BCUT2D eigenvalue weighted by molar-refractivity contribution is 0.866. The van der Waals surface area contributed by atoms with Crippen LogP contribution in [0.25, 0.3) is 36.5 Å². The van der Waals surface area contributed by atoms with Crippen LogP contribution in [0.2, 0.25) is 0 Å². The van der Waals surface area contributed by atoms with Crippen LogP contribution in [0, 0.1) is 34.0 Å². The molecular formula is C45H48N6. The molecule has 0 fully saturated rings. The standard InChI is InChI=1S/C45H48N6/c1-7-49(8-2)37-22-13-34(14-23-37)19-28-40-43(31-46)41(29-20-35-15-24-38(25-16-35)50(9-3)10-4)45(33-48)42(44(40)32-47)30-21-36-17-26-39(27-18-36)51(11-5)12-6/h13-30H,7-12H2,1-6H3/b28-19+,29-20+,30-21+. The van der Waals surface area contributed by atoms with Crippen LogP contribution in [0.5, 0.6) is 0 Å². The Morgan fingerprint density at radius 2 is 0.588 bits per heavy atom. The zero-order valence-corrected chi connectivity index (χ0v) is 30.8. The Labute approximate surface area is 305 Å². The summed E-state index contributed by atoms with van der Waals surface area (Å²) in [6.45, 7) is 18.3. The van der Waals surface area contributed by atoms with Crippen molar-refractivity contribution >= 4 is 53.5 Å². The molecule has 0 saturated heterocycles. The minimum Gasteiger partial charge on any atom is -0.372 e. The molecule has 0 bridgehead atoms. The molecule has 258 valence electrons. The average molecular weight is 673 g/mol. The molecule has 0 atom stereocenters. The fraction of sp³-hybridized carbons (Fsp3) is 0.267. The number of hydrogen-bond donors (Lipinski definition) is 0. The maximum Gasteiger partial charge on any atom is 0.100 e. The van der Waals surface area contributed by atoms with E-state index in [9.17, 15) is 15.8 Å². The van der Waals surface area contributed by atoms with Gasteiger partial charge in [0.05, 0.1) is 16.7 Å². The zero-order valence-electron chi connectivity index (χ0n) is 30.8. The second kappa shape index (κ2) is 18.7. The first kappa shape index (κ1) is 37.8. The highest BCUT2D eigenvalue weighted by Crippen LogP contribution is 2.33. The third-order valence-electron chi connectivity index (χ3n) is 9.34. The van der Waals surface area contributed by atoms with Gasteiger partial charge in [0.25, 0.3) is 0 Å². The number of anilines is 3. The van der Waals surface area contributed by atoms with Crippen LogP contribution in [0.4, 0.5) is 17.1 Å². The maximum atomic E-state index is 10.6. The summed E-state index contributed by atoms with van der Waals surface area (Å²) in [5.74, 6) is 0. The molecule has 51 heavy (non-hydrogen) atoms. The average Bonchev–Trinajstić information content (AvgIpc) is 3.17. The molecule has 0 heterocycles. The fourth-order valence-electron chi connectivity index (χ4n) is 6.37. The molecule has 0 aliphatic carbocycles. The minimum atomic E-state index is 0.288. The summed E-state index contributed by atoms with van der Waals surface area (Å²) in [7, 11) is 0. The van der Waals surface area contributed by atoms with Gasteiger partial charge in [-0.15, -0.1) is 0 Å². The van der Waals surface area contributed by atoms with Crippen molar-refractivity contribution < 1.29 is 0 Å². The summed E-state index contributed by atoms with van der Waals surface area (Å²) in [6, 6.07) is 31.8. The lowest BCUT2D eigenvalue weighted by Crippen LogP contribution is -2.21. The van der Waals surface area contributed by atoms with E-state index in [1.807, 2.05) is 72.9 Å². The number of hydrogen-bond acceptors (Lipinski definition) is 6. The second-order valence-electron chi connectivity index (χ2n) is 12.0. The molecule has 4 aromatic rings. The van der Waals surface area contributed by atoms with E-state index in [1.165, 1.54) is 0 Å². The summed E-state index contributed by atoms with van der Waals surface area (Å²) in [5.41, 5.74) is 8.57. The Bertz CT molecular complexity index is 1710. The first-order valence-corrected chi connectivity index (χ1v) is 17.9. The molecule has 0 aliphatic heterocycles. The molecular weight excluding hydrogens is 625 g/mol. The molecule has 0 spiro atoms. The summed E-state index contributed by atoms with van der Waals surface area (Å²) in [5, 5.41) is 31.7. The molecule has 0 radical (unpaired) electrons. The molecule has 4 rings (SSSR count). The van der Waals surface area contributed by atoms with Crippen LogP contribution in [-0.2, 0) is 0 Å². The number of benzene rings is 4. The van der Waals surface area contributed by atoms with Crippen molar-refractivity contribution in [3.05, 3.63) is 123 Å². The molecule has 4 aromatic carbocycles. The Hall–Kier alpha value is -6.03. The predicted octanol–water partition coefficient (Wildman–Crippen LogP) is 10.4. The normalized spacial score (nSPS) is 11.1. The highest BCUT2D eigenvalue weighted by atomic mass is 15.1. The van der Waals surface area contributed by atoms with Crippen molar-refractivity contribution in [2.24, 2.45) is 0 Å². The van der Waals surface area contributed by atoms with Crippen LogP contribution < -0.4 is 14.7 Å². The van der Waals surface area contributed by atoms with E-state index in [2.05, 4.69) is 111 Å². The molecule has 0 aliphatic rings. The molecule has 0 saturated carbocycles. The molecule has 0 aromatic heterocycles. The SMILES string of the molecule is CCN(CC)c1ccc(/C=C/c2c(C#N)c(/C=C/c3ccc(N(CC)CC)cc3)c(C#N)c(/C=C/c3ccc(N(CC)CC)cc3)c2C#N)cc1. The van der Waals surface area contributed by atoms with Crippen LogP contribution >= 0.6 is 0 Å². The zero-order chi connectivity index (χ0) is 36.8. The lowest BCUT2D eigenvalue weighted by atomic mass is 9.86. The monoisotopic (exact) mass is 672 g/mol. The van der Waals surface area contributed by atoms with Crippen molar-refractivity contribution in [2.45, 2.75) is 41.5 Å². The lowest BCUT2D eigenvalue weighted by Gasteiger charge is -2.21. The van der Waals surface area contributed by atoms with E-state index in [-0.39, 0.29) is 16.7 Å². The topological polar surface area (TPSA) is 81.1 Å². The largest absolute Gasteiger partial charge is 0.372 e. The summed E-state index contributed by atoms with van der Waals surface area (Å²) in [4.78, 5) is 6.84. The fourth-order valence-corrected chi connectivity index (χ4v) is 6.37. The summed E-state index contributed by atoms with van der Waals surface area (Å²) < 4.78 is 0. The van der Waals surface area contributed by atoms with Crippen molar-refractivity contribution in [1.29, 1.82) is 15.8 Å². The van der Waals surface area contributed by atoms with E-state index in [4.69, 9.17) is 0 Å². The maximum absolute atomic E-state index is 10.6.